The highest BCUT2D eigenvalue weighted by Gasteiger charge is 2.44. The summed E-state index contributed by atoms with van der Waals surface area (Å²) in [5.41, 5.74) is -0.418. The summed E-state index contributed by atoms with van der Waals surface area (Å²) in [5, 5.41) is 3.56. The molecule has 0 radical (unpaired) electrons. The number of hydrogen-bond acceptors (Lipinski definition) is 4. The van der Waals surface area contributed by atoms with Crippen molar-refractivity contribution in [2.24, 2.45) is 0 Å². The summed E-state index contributed by atoms with van der Waals surface area (Å²) in [6.07, 6.45) is 6.47. The Morgan fingerprint density at radius 3 is 2.78 bits per heavy atom. The van der Waals surface area contributed by atoms with Crippen molar-refractivity contribution in [3.8, 4) is 0 Å². The molecule has 1 atom stereocenters. The summed E-state index contributed by atoms with van der Waals surface area (Å²) in [5.74, 6) is -0.0623. The van der Waals surface area contributed by atoms with E-state index in [1.54, 1.807) is 0 Å². The number of hydrogen-bond donors (Lipinski definition) is 1. The summed E-state index contributed by atoms with van der Waals surface area (Å²) < 4.78 is 5.05. The molecule has 2 fully saturated rings. The van der Waals surface area contributed by atoms with Gasteiger partial charge in [0, 0.05) is 12.6 Å². The van der Waals surface area contributed by atoms with Gasteiger partial charge in [-0.1, -0.05) is 6.92 Å². The minimum Gasteiger partial charge on any atom is -0.468 e. The van der Waals surface area contributed by atoms with Crippen LogP contribution in [0.5, 0.6) is 0 Å². The van der Waals surface area contributed by atoms with Crippen LogP contribution in [0.2, 0.25) is 0 Å². The zero-order valence-corrected chi connectivity index (χ0v) is 11.7. The third kappa shape index (κ3) is 3.23. The van der Waals surface area contributed by atoms with Crippen LogP contribution in [0.4, 0.5) is 0 Å². The molecule has 4 nitrogen and oxygen atoms in total. The average Bonchev–Trinajstić information content (AvgIpc) is 3.18. The molecule has 0 amide bonds. The van der Waals surface area contributed by atoms with Gasteiger partial charge in [0.1, 0.15) is 5.54 Å². The van der Waals surface area contributed by atoms with Gasteiger partial charge in [-0.05, 0) is 51.6 Å². The fraction of sp³-hybridized carbons (Fsp3) is 0.929. The zero-order chi connectivity index (χ0) is 13.0. The lowest BCUT2D eigenvalue weighted by Crippen LogP contribution is -2.54. The number of esters is 1. The Morgan fingerprint density at radius 2 is 2.17 bits per heavy atom. The van der Waals surface area contributed by atoms with Gasteiger partial charge in [-0.2, -0.15) is 0 Å². The first-order valence-corrected chi connectivity index (χ1v) is 7.28. The molecular formula is C14H26N2O2. The van der Waals surface area contributed by atoms with Crippen molar-refractivity contribution < 1.29 is 9.53 Å². The Hall–Kier alpha value is -0.610. The Bertz CT molecular complexity index is 292. The average molecular weight is 254 g/mol. The van der Waals surface area contributed by atoms with Crippen LogP contribution in [0.25, 0.3) is 0 Å². The third-order valence-corrected chi connectivity index (χ3v) is 4.11. The lowest BCUT2D eigenvalue weighted by atomic mass is 9.90. The van der Waals surface area contributed by atoms with E-state index in [9.17, 15) is 4.79 Å². The van der Waals surface area contributed by atoms with Gasteiger partial charge >= 0.3 is 5.97 Å². The first-order chi connectivity index (χ1) is 8.70. The standard InChI is InChI=1S/C14H26N2O2/c1-3-9-16-10-4-7-14(8-11-16,13(17)18-2)15-12-5-6-12/h12,15H,3-11H2,1-2H3. The predicted octanol–water partition coefficient (Wildman–Crippen LogP) is 1.55. The van der Waals surface area contributed by atoms with Gasteiger partial charge in [0.2, 0.25) is 0 Å². The van der Waals surface area contributed by atoms with Crippen molar-refractivity contribution in [2.75, 3.05) is 26.7 Å². The van der Waals surface area contributed by atoms with Gasteiger partial charge in [0.05, 0.1) is 7.11 Å². The van der Waals surface area contributed by atoms with Gasteiger partial charge in [-0.25, -0.2) is 0 Å². The third-order valence-electron chi connectivity index (χ3n) is 4.11. The maximum Gasteiger partial charge on any atom is 0.326 e. The molecule has 0 aromatic carbocycles. The Morgan fingerprint density at radius 1 is 1.39 bits per heavy atom. The first-order valence-electron chi connectivity index (χ1n) is 7.28. The Balaban J connectivity index is 2.01. The Kier molecular flexibility index (Phi) is 4.62. The smallest absolute Gasteiger partial charge is 0.326 e. The van der Waals surface area contributed by atoms with Crippen LogP contribution < -0.4 is 5.32 Å². The number of ether oxygens (including phenoxy) is 1. The van der Waals surface area contributed by atoms with E-state index < -0.39 is 5.54 Å². The molecule has 1 aliphatic carbocycles. The second kappa shape index (κ2) is 6.02. The molecule has 0 spiro atoms. The summed E-state index contributed by atoms with van der Waals surface area (Å²) in [6, 6.07) is 0.543. The van der Waals surface area contributed by atoms with Crippen molar-refractivity contribution in [3.05, 3.63) is 0 Å². The molecule has 2 rings (SSSR count). The zero-order valence-electron chi connectivity index (χ0n) is 11.7. The monoisotopic (exact) mass is 254 g/mol. The molecule has 104 valence electrons. The predicted molar refractivity (Wildman–Crippen MR) is 71.5 cm³/mol. The number of carbonyl (C=O) groups excluding carboxylic acids is 1. The second-order valence-electron chi connectivity index (χ2n) is 5.69. The van der Waals surface area contributed by atoms with Crippen molar-refractivity contribution in [1.29, 1.82) is 0 Å². The van der Waals surface area contributed by atoms with E-state index in [1.165, 1.54) is 26.4 Å². The minimum absolute atomic E-state index is 0.0623. The summed E-state index contributed by atoms with van der Waals surface area (Å²) >= 11 is 0. The molecule has 1 aliphatic heterocycles. The van der Waals surface area contributed by atoms with Crippen LogP contribution in [0.1, 0.15) is 45.4 Å². The van der Waals surface area contributed by atoms with Crippen molar-refractivity contribution >= 4 is 5.97 Å². The van der Waals surface area contributed by atoms with Gasteiger partial charge in [-0.15, -0.1) is 0 Å². The number of nitrogens with one attached hydrogen (secondary N) is 1. The molecule has 1 saturated carbocycles. The van der Waals surface area contributed by atoms with Gasteiger partial charge in [0.15, 0.2) is 0 Å². The van der Waals surface area contributed by atoms with E-state index in [-0.39, 0.29) is 5.97 Å². The van der Waals surface area contributed by atoms with Crippen LogP contribution >= 0.6 is 0 Å². The number of nitrogens with zero attached hydrogens (tertiary/aromatic N) is 1. The molecule has 4 heteroatoms. The van der Waals surface area contributed by atoms with Crippen molar-refractivity contribution in [3.63, 3.8) is 0 Å². The lowest BCUT2D eigenvalue weighted by Gasteiger charge is -2.31. The quantitative estimate of drug-likeness (QED) is 0.756. The van der Waals surface area contributed by atoms with Crippen LogP contribution in [0.15, 0.2) is 0 Å². The fourth-order valence-electron chi connectivity index (χ4n) is 2.95. The molecule has 0 aromatic rings. The van der Waals surface area contributed by atoms with E-state index in [0.29, 0.717) is 6.04 Å². The highest BCUT2D eigenvalue weighted by atomic mass is 16.5. The maximum absolute atomic E-state index is 12.2. The largest absolute Gasteiger partial charge is 0.468 e. The molecule has 1 unspecified atom stereocenters. The lowest BCUT2D eigenvalue weighted by molar-refractivity contribution is -0.149. The SMILES string of the molecule is CCCN1CCCC(NC2CC2)(C(=O)OC)CC1. The van der Waals surface area contributed by atoms with Gasteiger partial charge in [0.25, 0.3) is 0 Å². The topological polar surface area (TPSA) is 41.6 Å². The number of likely N-dealkylation sites (tertiary alicyclic amines) is 1. The highest BCUT2D eigenvalue weighted by molar-refractivity contribution is 5.81. The second-order valence-corrected chi connectivity index (χ2v) is 5.69. The maximum atomic E-state index is 12.2. The minimum atomic E-state index is -0.418. The normalized spacial score (nSPS) is 29.9. The van der Waals surface area contributed by atoms with Crippen molar-refractivity contribution in [1.82, 2.24) is 10.2 Å². The first kappa shape index (κ1) is 13.8. The fourth-order valence-corrected chi connectivity index (χ4v) is 2.95. The van der Waals surface area contributed by atoms with Crippen molar-refractivity contribution in [2.45, 2.75) is 57.0 Å². The van der Waals surface area contributed by atoms with Crippen LogP contribution in [-0.4, -0.2) is 49.2 Å². The summed E-state index contributed by atoms with van der Waals surface area (Å²) in [6.45, 7) is 5.46. The molecule has 0 bridgehead atoms. The molecular weight excluding hydrogens is 228 g/mol. The van der Waals surface area contributed by atoms with E-state index in [2.05, 4.69) is 17.1 Å². The molecule has 0 aromatic heterocycles. The van der Waals surface area contributed by atoms with Crippen LogP contribution in [0, 0.1) is 0 Å². The van der Waals surface area contributed by atoms with Gasteiger partial charge < -0.3 is 9.64 Å². The number of methoxy groups -OCH3 is 1. The summed E-state index contributed by atoms with van der Waals surface area (Å²) in [7, 11) is 1.51. The molecule has 18 heavy (non-hydrogen) atoms. The summed E-state index contributed by atoms with van der Waals surface area (Å²) in [4.78, 5) is 14.6. The highest BCUT2D eigenvalue weighted by Crippen LogP contribution is 2.30. The molecule has 1 N–H and O–H groups in total. The van der Waals surface area contributed by atoms with E-state index in [1.807, 2.05) is 0 Å². The van der Waals surface area contributed by atoms with E-state index >= 15 is 0 Å². The Labute approximate surface area is 110 Å². The van der Waals surface area contributed by atoms with Gasteiger partial charge in [-0.3, -0.25) is 10.1 Å². The van der Waals surface area contributed by atoms with Crippen LogP contribution in [-0.2, 0) is 9.53 Å². The number of carbonyl (C=O) groups is 1. The van der Waals surface area contributed by atoms with E-state index in [0.717, 1.165) is 38.9 Å². The molecule has 1 saturated heterocycles. The molecule has 2 aliphatic rings. The van der Waals surface area contributed by atoms with E-state index in [4.69, 9.17) is 4.74 Å². The molecule has 1 heterocycles. The van der Waals surface area contributed by atoms with Crippen LogP contribution in [0.3, 0.4) is 0 Å². The number of rotatable bonds is 5.